The van der Waals surface area contributed by atoms with Crippen molar-refractivity contribution < 1.29 is 38.1 Å². The second kappa shape index (κ2) is 15.2. The minimum atomic E-state index is -0.806. The fourth-order valence-corrected chi connectivity index (χ4v) is 8.73. The molecule has 9 rings (SSSR count). The van der Waals surface area contributed by atoms with Gasteiger partial charge in [0.1, 0.15) is 29.3 Å². The number of aromatic amines is 1. The second-order valence-electron chi connectivity index (χ2n) is 15.6. The van der Waals surface area contributed by atoms with E-state index in [4.69, 9.17) is 28.8 Å². The number of methoxy groups -OCH3 is 2. The Labute approximate surface area is 330 Å². The molecule has 15 heteroatoms. The third kappa shape index (κ3) is 6.86. The third-order valence-electron chi connectivity index (χ3n) is 12.0. The smallest absolute Gasteiger partial charge is 0.255 e. The van der Waals surface area contributed by atoms with E-state index in [2.05, 4.69) is 20.3 Å². The van der Waals surface area contributed by atoms with Gasteiger partial charge in [0, 0.05) is 36.7 Å². The molecule has 3 amide bonds. The van der Waals surface area contributed by atoms with Crippen LogP contribution in [0.25, 0.3) is 22.3 Å². The number of nitrogens with one attached hydrogen (secondary N) is 2. The summed E-state index contributed by atoms with van der Waals surface area (Å²) < 4.78 is 28.8. The lowest BCUT2D eigenvalue weighted by atomic mass is 9.73. The summed E-state index contributed by atoms with van der Waals surface area (Å²) in [5.41, 5.74) is 4.20. The van der Waals surface area contributed by atoms with Gasteiger partial charge < -0.3 is 38.9 Å². The van der Waals surface area contributed by atoms with Crippen molar-refractivity contribution in [2.24, 2.45) is 22.9 Å². The predicted octanol–water partition coefficient (Wildman–Crippen LogP) is 5.32. The zero-order chi connectivity index (χ0) is 39.2. The molecular weight excluding hydrogens is 731 g/mol. The SMILES string of the molecule is COc1ccc(C2=NN(C3CCN(C(=O)[C@H](C)NC(=O)c4c[nH]c5c(-c6c(OCC7CC7)ccc7c6OCO7)ncnc45)CC3)C(=O)[C@@H]3CCCC[C@H]23)cc1OC. The van der Waals surface area contributed by atoms with Gasteiger partial charge in [0.15, 0.2) is 23.0 Å². The number of hydrogen-bond donors (Lipinski definition) is 2. The number of hydrogen-bond acceptors (Lipinski definition) is 11. The fraction of sp³-hybridized carbons (Fsp3) is 0.476. The first-order valence-corrected chi connectivity index (χ1v) is 19.9. The van der Waals surface area contributed by atoms with Crippen LogP contribution in [-0.2, 0) is 9.59 Å². The monoisotopic (exact) mass is 777 g/mol. The highest BCUT2D eigenvalue weighted by Crippen LogP contribution is 2.48. The minimum Gasteiger partial charge on any atom is -0.493 e. The average molecular weight is 778 g/mol. The standard InChI is InChI=1S/C42H47N7O8/c1-23(46-40(50)29-19-43-38-36(29)44-21-45-37(38)34-31(55-20-24-8-9-24)12-13-32-39(34)57-22-56-32)41(51)48-16-14-26(15-17-48)49-42(52)28-7-5-4-6-27(28)35(47-49)25-10-11-30(53-2)33(18-25)54-3/h10-13,18-19,21,23-24,26-28,43H,4-9,14-17,20,22H2,1-3H3,(H,46,50)/t23-,27-,28+/m0/s1. The molecule has 0 unspecified atom stereocenters. The first kappa shape index (κ1) is 36.8. The number of piperidine rings is 1. The molecule has 4 aromatic rings. The maximum Gasteiger partial charge on any atom is 0.255 e. The fourth-order valence-electron chi connectivity index (χ4n) is 8.73. The van der Waals surface area contributed by atoms with Crippen LogP contribution in [-0.4, -0.2) is 101 Å². The summed E-state index contributed by atoms with van der Waals surface area (Å²) in [7, 11) is 3.22. The van der Waals surface area contributed by atoms with Crippen molar-refractivity contribution in [3.05, 3.63) is 54.0 Å². The number of nitrogens with zero attached hydrogens (tertiary/aromatic N) is 5. The number of fused-ring (bicyclic) bond motifs is 3. The van der Waals surface area contributed by atoms with Gasteiger partial charge in [-0.25, -0.2) is 15.0 Å². The zero-order valence-corrected chi connectivity index (χ0v) is 32.4. The van der Waals surface area contributed by atoms with Gasteiger partial charge in [-0.15, -0.1) is 0 Å². The largest absolute Gasteiger partial charge is 0.493 e. The lowest BCUT2D eigenvalue weighted by Gasteiger charge is -2.43. The van der Waals surface area contributed by atoms with Gasteiger partial charge in [0.2, 0.25) is 18.6 Å². The van der Waals surface area contributed by atoms with Crippen molar-refractivity contribution in [2.45, 2.75) is 70.4 Å². The molecule has 2 aromatic carbocycles. The third-order valence-corrected chi connectivity index (χ3v) is 12.0. The van der Waals surface area contributed by atoms with Crippen LogP contribution in [0.4, 0.5) is 0 Å². The van der Waals surface area contributed by atoms with Crippen LogP contribution in [0.3, 0.4) is 0 Å². The van der Waals surface area contributed by atoms with Crippen LogP contribution >= 0.6 is 0 Å². The maximum absolute atomic E-state index is 14.0. The minimum absolute atomic E-state index is 0.0491. The highest BCUT2D eigenvalue weighted by atomic mass is 16.7. The number of carbonyl (C=O) groups is 3. The van der Waals surface area contributed by atoms with E-state index in [1.807, 2.05) is 30.3 Å². The molecule has 3 atom stereocenters. The van der Waals surface area contributed by atoms with E-state index in [1.165, 1.54) is 6.33 Å². The van der Waals surface area contributed by atoms with E-state index >= 15 is 0 Å². The quantitative estimate of drug-likeness (QED) is 0.203. The number of H-pyrrole nitrogens is 1. The summed E-state index contributed by atoms with van der Waals surface area (Å²) in [6.07, 6.45) is 10.2. The Kier molecular flexibility index (Phi) is 9.83. The van der Waals surface area contributed by atoms with E-state index in [0.29, 0.717) is 89.5 Å². The lowest BCUT2D eigenvalue weighted by Crippen LogP contribution is -2.55. The number of rotatable bonds is 11. The molecule has 2 saturated carbocycles. The van der Waals surface area contributed by atoms with Gasteiger partial charge >= 0.3 is 0 Å². The van der Waals surface area contributed by atoms with Crippen LogP contribution in [0.2, 0.25) is 0 Å². The number of aromatic nitrogens is 3. The van der Waals surface area contributed by atoms with Crippen molar-refractivity contribution in [2.75, 3.05) is 40.7 Å². The molecule has 0 radical (unpaired) electrons. The Balaban J connectivity index is 0.884. The van der Waals surface area contributed by atoms with E-state index in [0.717, 1.165) is 49.8 Å². The lowest BCUT2D eigenvalue weighted by molar-refractivity contribution is -0.143. The molecule has 0 spiro atoms. The van der Waals surface area contributed by atoms with Gasteiger partial charge in [-0.3, -0.25) is 14.4 Å². The molecule has 2 aliphatic carbocycles. The summed E-state index contributed by atoms with van der Waals surface area (Å²) in [6, 6.07) is 8.53. The zero-order valence-electron chi connectivity index (χ0n) is 32.4. The summed E-state index contributed by atoms with van der Waals surface area (Å²) >= 11 is 0. The molecular formula is C42H47N7O8. The normalized spacial score (nSPS) is 21.2. The number of amides is 3. The van der Waals surface area contributed by atoms with Crippen LogP contribution in [0.1, 0.15) is 74.2 Å². The molecule has 15 nitrogen and oxygen atoms in total. The Hall–Kier alpha value is -5.86. The van der Waals surface area contributed by atoms with Crippen molar-refractivity contribution in [3.8, 4) is 40.0 Å². The number of benzene rings is 2. The highest BCUT2D eigenvalue weighted by Gasteiger charge is 2.44. The highest BCUT2D eigenvalue weighted by molar-refractivity contribution is 6.09. The van der Waals surface area contributed by atoms with Gasteiger partial charge in [-0.1, -0.05) is 12.8 Å². The molecule has 3 aliphatic heterocycles. The van der Waals surface area contributed by atoms with Crippen molar-refractivity contribution in [1.29, 1.82) is 0 Å². The molecule has 57 heavy (non-hydrogen) atoms. The van der Waals surface area contributed by atoms with E-state index in [1.54, 1.807) is 37.2 Å². The first-order valence-electron chi connectivity index (χ1n) is 19.9. The second-order valence-corrected chi connectivity index (χ2v) is 15.6. The van der Waals surface area contributed by atoms with E-state index in [9.17, 15) is 14.4 Å². The van der Waals surface area contributed by atoms with Crippen molar-refractivity contribution in [3.63, 3.8) is 0 Å². The molecule has 5 aliphatic rings. The van der Waals surface area contributed by atoms with Gasteiger partial charge in [-0.2, -0.15) is 5.10 Å². The van der Waals surface area contributed by atoms with Gasteiger partial charge in [0.05, 0.1) is 49.2 Å². The predicted molar refractivity (Wildman–Crippen MR) is 209 cm³/mol. The first-order chi connectivity index (χ1) is 27.8. The van der Waals surface area contributed by atoms with Crippen LogP contribution in [0.5, 0.6) is 28.7 Å². The van der Waals surface area contributed by atoms with Crippen molar-refractivity contribution >= 4 is 34.5 Å². The van der Waals surface area contributed by atoms with Crippen LogP contribution < -0.4 is 29.0 Å². The van der Waals surface area contributed by atoms with Gasteiger partial charge in [-0.05, 0) is 81.7 Å². The summed E-state index contributed by atoms with van der Waals surface area (Å²) in [5, 5.41) is 9.64. The number of carbonyl (C=O) groups excluding carboxylic acids is 3. The van der Waals surface area contributed by atoms with Crippen LogP contribution in [0, 0.1) is 17.8 Å². The number of likely N-dealkylation sites (tertiary alicyclic amines) is 1. The Morgan fingerprint density at radius 3 is 2.49 bits per heavy atom. The Morgan fingerprint density at radius 2 is 1.72 bits per heavy atom. The molecule has 2 N–H and O–H groups in total. The summed E-state index contributed by atoms with van der Waals surface area (Å²) in [6.45, 7) is 3.23. The van der Waals surface area contributed by atoms with Gasteiger partial charge in [0.25, 0.3) is 5.91 Å². The maximum atomic E-state index is 14.0. The average Bonchev–Trinajstić information content (AvgIpc) is 3.77. The van der Waals surface area contributed by atoms with E-state index in [-0.39, 0.29) is 42.0 Å². The number of ether oxygens (including phenoxy) is 5. The summed E-state index contributed by atoms with van der Waals surface area (Å²) in [4.78, 5) is 55.4. The molecule has 3 fully saturated rings. The molecule has 2 aromatic heterocycles. The van der Waals surface area contributed by atoms with Crippen molar-refractivity contribution in [1.82, 2.24) is 30.2 Å². The molecule has 1 saturated heterocycles. The van der Waals surface area contributed by atoms with Crippen LogP contribution in [0.15, 0.2) is 48.0 Å². The topological polar surface area (TPSA) is 170 Å². The molecule has 5 heterocycles. The Morgan fingerprint density at radius 1 is 0.947 bits per heavy atom. The summed E-state index contributed by atoms with van der Waals surface area (Å²) in [5.74, 6) is 2.87. The number of hydrazone groups is 1. The molecule has 0 bridgehead atoms. The Bertz CT molecular complexity index is 2240. The molecule has 298 valence electrons. The van der Waals surface area contributed by atoms with E-state index < -0.39 is 11.9 Å².